The van der Waals surface area contributed by atoms with Gasteiger partial charge >= 0.3 is 0 Å². The molecule has 0 saturated carbocycles. The second-order valence-corrected chi connectivity index (χ2v) is 4.39. The van der Waals surface area contributed by atoms with E-state index in [1.807, 2.05) is 12.2 Å². The molecule has 0 spiro atoms. The first-order valence-corrected chi connectivity index (χ1v) is 6.65. The number of rotatable bonds is 9. The molecule has 0 aliphatic rings. The van der Waals surface area contributed by atoms with Gasteiger partial charge in [-0.05, 0) is 19.3 Å². The Morgan fingerprint density at radius 2 is 1.80 bits per heavy atom. The molecule has 0 aromatic heterocycles. The normalized spacial score (nSPS) is 12.4. The molecule has 0 aromatic rings. The maximum Gasteiger partial charge on any atom is 0.217 e. The topological polar surface area (TPSA) is 66.4 Å². The lowest BCUT2D eigenvalue weighted by Crippen LogP contribution is -2.04. The molecule has 0 unspecified atom stereocenters. The van der Waals surface area contributed by atoms with Gasteiger partial charge in [-0.1, -0.05) is 38.3 Å². The third-order valence-corrected chi connectivity index (χ3v) is 2.36. The lowest BCUT2D eigenvalue weighted by atomic mass is 10.1. The molecule has 0 atom stereocenters. The SMILES string of the molecule is CCCCCC/C=C/CCOS(=O)(=O)[O-]. The minimum absolute atomic E-state index is 0.0582. The van der Waals surface area contributed by atoms with Crippen molar-refractivity contribution in [1.82, 2.24) is 0 Å². The Bertz CT molecular complexity index is 257. The third kappa shape index (κ3) is 13.6. The first-order chi connectivity index (χ1) is 7.06. The number of allylic oxidation sites excluding steroid dienone is 1. The van der Waals surface area contributed by atoms with E-state index in [-0.39, 0.29) is 6.61 Å². The largest absolute Gasteiger partial charge is 0.726 e. The van der Waals surface area contributed by atoms with Crippen LogP contribution in [-0.2, 0) is 14.6 Å². The Hall–Kier alpha value is -0.390. The van der Waals surface area contributed by atoms with Gasteiger partial charge in [0, 0.05) is 0 Å². The molecule has 90 valence electrons. The minimum atomic E-state index is -4.51. The molecule has 0 rings (SSSR count). The number of unbranched alkanes of at least 4 members (excludes halogenated alkanes) is 4. The van der Waals surface area contributed by atoms with E-state index < -0.39 is 10.4 Å². The van der Waals surface area contributed by atoms with Crippen molar-refractivity contribution >= 4 is 10.4 Å². The van der Waals surface area contributed by atoms with Crippen molar-refractivity contribution in [1.29, 1.82) is 0 Å². The molecular formula is C10H19O4S-. The molecule has 0 fully saturated rings. The van der Waals surface area contributed by atoms with Gasteiger partial charge < -0.3 is 4.55 Å². The predicted octanol–water partition coefficient (Wildman–Crippen LogP) is 2.38. The van der Waals surface area contributed by atoms with Gasteiger partial charge in [-0.15, -0.1) is 0 Å². The molecule has 0 N–H and O–H groups in total. The second kappa shape index (κ2) is 8.88. The summed E-state index contributed by atoms with van der Waals surface area (Å²) in [6, 6.07) is 0. The zero-order chi connectivity index (χ0) is 11.6. The molecule has 0 radical (unpaired) electrons. The summed E-state index contributed by atoms with van der Waals surface area (Å²) in [5.41, 5.74) is 0. The van der Waals surface area contributed by atoms with Crippen LogP contribution in [0.5, 0.6) is 0 Å². The van der Waals surface area contributed by atoms with Crippen LogP contribution >= 0.6 is 0 Å². The zero-order valence-electron chi connectivity index (χ0n) is 9.15. The summed E-state index contributed by atoms with van der Waals surface area (Å²) in [7, 11) is -4.51. The van der Waals surface area contributed by atoms with E-state index in [2.05, 4.69) is 11.1 Å². The highest BCUT2D eigenvalue weighted by molar-refractivity contribution is 7.80. The van der Waals surface area contributed by atoms with E-state index in [9.17, 15) is 13.0 Å². The van der Waals surface area contributed by atoms with Crippen molar-refractivity contribution in [3.8, 4) is 0 Å². The quantitative estimate of drug-likeness (QED) is 0.266. The van der Waals surface area contributed by atoms with Crippen molar-refractivity contribution in [2.45, 2.75) is 45.4 Å². The molecule has 0 saturated heterocycles. The molecule has 0 heterocycles. The van der Waals surface area contributed by atoms with E-state index in [0.29, 0.717) is 6.42 Å². The average Bonchev–Trinajstić information content (AvgIpc) is 2.14. The fourth-order valence-electron chi connectivity index (χ4n) is 1.14. The molecule has 4 nitrogen and oxygen atoms in total. The van der Waals surface area contributed by atoms with Crippen LogP contribution < -0.4 is 0 Å². The van der Waals surface area contributed by atoms with E-state index in [1.165, 1.54) is 19.3 Å². The van der Waals surface area contributed by atoms with Gasteiger partial charge in [0.05, 0.1) is 6.61 Å². The van der Waals surface area contributed by atoms with Crippen LogP contribution in [0.3, 0.4) is 0 Å². The highest BCUT2D eigenvalue weighted by Gasteiger charge is 1.91. The molecule has 0 aliphatic carbocycles. The Balaban J connectivity index is 3.25. The van der Waals surface area contributed by atoms with E-state index in [1.54, 1.807) is 0 Å². The fraction of sp³-hybridized carbons (Fsp3) is 0.800. The van der Waals surface area contributed by atoms with Gasteiger partial charge in [-0.25, -0.2) is 8.42 Å². The summed E-state index contributed by atoms with van der Waals surface area (Å²) >= 11 is 0. The van der Waals surface area contributed by atoms with Crippen molar-refractivity contribution in [3.63, 3.8) is 0 Å². The van der Waals surface area contributed by atoms with Gasteiger partial charge in [0.2, 0.25) is 10.4 Å². The van der Waals surface area contributed by atoms with Gasteiger partial charge in [0.15, 0.2) is 0 Å². The van der Waals surface area contributed by atoms with Crippen LogP contribution in [0.2, 0.25) is 0 Å². The molecule has 0 aromatic carbocycles. The standard InChI is InChI=1S/C10H20O4S/c1-2-3-4-5-6-7-8-9-10-14-15(11,12)13/h7-8H,2-6,9-10H2,1H3,(H,11,12,13)/p-1/b8-7+. The van der Waals surface area contributed by atoms with Crippen LogP contribution in [0.25, 0.3) is 0 Å². The van der Waals surface area contributed by atoms with E-state index in [4.69, 9.17) is 0 Å². The number of hydrogen-bond donors (Lipinski definition) is 0. The molecular weight excluding hydrogens is 216 g/mol. The molecule has 5 heteroatoms. The van der Waals surface area contributed by atoms with Gasteiger partial charge in [0.25, 0.3) is 0 Å². The lowest BCUT2D eigenvalue weighted by molar-refractivity contribution is 0.266. The van der Waals surface area contributed by atoms with Crippen molar-refractivity contribution < 1.29 is 17.2 Å². The van der Waals surface area contributed by atoms with Crippen molar-refractivity contribution in [2.75, 3.05) is 6.61 Å². The second-order valence-electron chi connectivity index (χ2n) is 3.34. The van der Waals surface area contributed by atoms with Crippen LogP contribution in [-0.4, -0.2) is 19.6 Å². The summed E-state index contributed by atoms with van der Waals surface area (Å²) < 4.78 is 34.1. The smallest absolute Gasteiger partial charge is 0.217 e. The van der Waals surface area contributed by atoms with E-state index in [0.717, 1.165) is 12.8 Å². The molecule has 15 heavy (non-hydrogen) atoms. The summed E-state index contributed by atoms with van der Waals surface area (Å²) in [6.07, 6.45) is 10.2. The zero-order valence-corrected chi connectivity index (χ0v) is 9.96. The van der Waals surface area contributed by atoms with Crippen molar-refractivity contribution in [3.05, 3.63) is 12.2 Å². The molecule has 0 aliphatic heterocycles. The minimum Gasteiger partial charge on any atom is -0.726 e. The molecule has 0 bridgehead atoms. The van der Waals surface area contributed by atoms with Gasteiger partial charge in [-0.2, -0.15) is 0 Å². The van der Waals surface area contributed by atoms with E-state index >= 15 is 0 Å². The highest BCUT2D eigenvalue weighted by atomic mass is 32.3. The van der Waals surface area contributed by atoms with Gasteiger partial charge in [0.1, 0.15) is 0 Å². The molecule has 0 amide bonds. The van der Waals surface area contributed by atoms with Crippen LogP contribution in [0.1, 0.15) is 45.4 Å². The summed E-state index contributed by atoms with van der Waals surface area (Å²) in [4.78, 5) is 0. The lowest BCUT2D eigenvalue weighted by Gasteiger charge is -2.04. The monoisotopic (exact) mass is 235 g/mol. The van der Waals surface area contributed by atoms with Crippen LogP contribution in [0.15, 0.2) is 12.2 Å². The van der Waals surface area contributed by atoms with Crippen LogP contribution in [0, 0.1) is 0 Å². The fourth-order valence-corrected chi connectivity index (χ4v) is 1.44. The Morgan fingerprint density at radius 3 is 2.40 bits per heavy atom. The first kappa shape index (κ1) is 14.6. The Morgan fingerprint density at radius 1 is 1.13 bits per heavy atom. The summed E-state index contributed by atoms with van der Waals surface area (Å²) in [5, 5.41) is 0. The third-order valence-electron chi connectivity index (χ3n) is 1.90. The summed E-state index contributed by atoms with van der Waals surface area (Å²) in [5.74, 6) is 0. The Kier molecular flexibility index (Phi) is 8.65. The number of hydrogen-bond acceptors (Lipinski definition) is 4. The maximum absolute atomic E-state index is 10.0. The summed E-state index contributed by atoms with van der Waals surface area (Å²) in [6.45, 7) is 2.10. The van der Waals surface area contributed by atoms with Gasteiger partial charge in [-0.3, -0.25) is 4.18 Å². The average molecular weight is 235 g/mol. The Labute approximate surface area is 92.3 Å². The highest BCUT2D eigenvalue weighted by Crippen LogP contribution is 2.03. The van der Waals surface area contributed by atoms with Crippen LogP contribution in [0.4, 0.5) is 0 Å². The maximum atomic E-state index is 10.0. The first-order valence-electron chi connectivity index (χ1n) is 5.31. The van der Waals surface area contributed by atoms with Crippen molar-refractivity contribution in [2.24, 2.45) is 0 Å². The predicted molar refractivity (Wildman–Crippen MR) is 58.2 cm³/mol.